The molecule has 3 aromatic rings. The van der Waals surface area contributed by atoms with Crippen molar-refractivity contribution < 1.29 is 28.3 Å². The SMILES string of the molecule is COc1ccc(-c2noc([C@@H]3CC(=O)N(c4ccc5c(c4)OCO5)C3)n2)c(OC)c1. The van der Waals surface area contributed by atoms with Crippen molar-refractivity contribution in [2.24, 2.45) is 0 Å². The molecule has 0 saturated carbocycles. The summed E-state index contributed by atoms with van der Waals surface area (Å²) in [6.07, 6.45) is 0.288. The molecule has 0 spiro atoms. The lowest BCUT2D eigenvalue weighted by Crippen LogP contribution is -2.24. The Morgan fingerprint density at radius 2 is 1.93 bits per heavy atom. The average Bonchev–Trinajstić information content (AvgIpc) is 3.51. The Morgan fingerprint density at radius 1 is 1.07 bits per heavy atom. The number of fused-ring (bicyclic) bond motifs is 1. The van der Waals surface area contributed by atoms with Crippen molar-refractivity contribution in [1.82, 2.24) is 10.1 Å². The number of anilines is 1. The van der Waals surface area contributed by atoms with E-state index in [2.05, 4.69) is 10.1 Å². The molecule has 1 fully saturated rings. The highest BCUT2D eigenvalue weighted by atomic mass is 16.7. The minimum atomic E-state index is -0.201. The van der Waals surface area contributed by atoms with Gasteiger partial charge in [0, 0.05) is 30.8 Å². The number of carbonyl (C=O) groups is 1. The fourth-order valence-corrected chi connectivity index (χ4v) is 3.67. The monoisotopic (exact) mass is 409 g/mol. The number of rotatable bonds is 5. The second-order valence-corrected chi connectivity index (χ2v) is 6.97. The molecule has 2 aliphatic rings. The minimum absolute atomic E-state index is 0.0133. The molecule has 0 radical (unpaired) electrons. The lowest BCUT2D eigenvalue weighted by Gasteiger charge is -2.16. The van der Waals surface area contributed by atoms with Gasteiger partial charge in [0.05, 0.1) is 25.7 Å². The van der Waals surface area contributed by atoms with Crippen LogP contribution in [-0.2, 0) is 4.79 Å². The van der Waals surface area contributed by atoms with Crippen LogP contribution in [0.15, 0.2) is 40.9 Å². The maximum absolute atomic E-state index is 12.6. The summed E-state index contributed by atoms with van der Waals surface area (Å²) in [5, 5.41) is 4.09. The largest absolute Gasteiger partial charge is 0.497 e. The second kappa shape index (κ2) is 7.25. The van der Waals surface area contributed by atoms with Gasteiger partial charge in [-0.15, -0.1) is 0 Å². The van der Waals surface area contributed by atoms with Gasteiger partial charge in [-0.05, 0) is 24.3 Å². The smallest absolute Gasteiger partial charge is 0.232 e. The van der Waals surface area contributed by atoms with Crippen molar-refractivity contribution >= 4 is 11.6 Å². The number of ether oxygens (including phenoxy) is 4. The van der Waals surface area contributed by atoms with E-state index < -0.39 is 0 Å². The summed E-state index contributed by atoms with van der Waals surface area (Å²) in [4.78, 5) is 18.9. The molecule has 1 amide bonds. The van der Waals surface area contributed by atoms with E-state index in [1.165, 1.54) is 0 Å². The van der Waals surface area contributed by atoms with E-state index in [0.29, 0.717) is 46.8 Å². The molecule has 30 heavy (non-hydrogen) atoms. The van der Waals surface area contributed by atoms with Gasteiger partial charge in [0.1, 0.15) is 11.5 Å². The van der Waals surface area contributed by atoms with Crippen LogP contribution in [0.4, 0.5) is 5.69 Å². The second-order valence-electron chi connectivity index (χ2n) is 6.97. The number of methoxy groups -OCH3 is 2. The quantitative estimate of drug-likeness (QED) is 0.635. The third-order valence-electron chi connectivity index (χ3n) is 5.23. The summed E-state index contributed by atoms with van der Waals surface area (Å²) in [6.45, 7) is 0.634. The molecule has 154 valence electrons. The molecule has 1 saturated heterocycles. The van der Waals surface area contributed by atoms with Gasteiger partial charge in [-0.2, -0.15) is 4.98 Å². The van der Waals surface area contributed by atoms with Gasteiger partial charge in [0.25, 0.3) is 0 Å². The van der Waals surface area contributed by atoms with Crippen LogP contribution in [0, 0.1) is 0 Å². The summed E-state index contributed by atoms with van der Waals surface area (Å²) in [5.74, 6) is 3.16. The third-order valence-corrected chi connectivity index (χ3v) is 5.23. The zero-order valence-electron chi connectivity index (χ0n) is 16.5. The molecule has 0 N–H and O–H groups in total. The van der Waals surface area contributed by atoms with Crippen LogP contribution in [0.25, 0.3) is 11.4 Å². The van der Waals surface area contributed by atoms with Crippen molar-refractivity contribution in [2.75, 3.05) is 32.5 Å². The van der Waals surface area contributed by atoms with Crippen molar-refractivity contribution in [2.45, 2.75) is 12.3 Å². The van der Waals surface area contributed by atoms with Crippen LogP contribution in [0.5, 0.6) is 23.0 Å². The Labute approximate surface area is 172 Å². The molecule has 0 unspecified atom stereocenters. The van der Waals surface area contributed by atoms with Gasteiger partial charge >= 0.3 is 0 Å². The molecule has 9 nitrogen and oxygen atoms in total. The number of amides is 1. The van der Waals surface area contributed by atoms with Crippen molar-refractivity contribution in [1.29, 1.82) is 0 Å². The predicted molar refractivity (Wildman–Crippen MR) is 105 cm³/mol. The molecule has 1 aromatic heterocycles. The molecular formula is C21H19N3O6. The number of hydrogen-bond acceptors (Lipinski definition) is 8. The minimum Gasteiger partial charge on any atom is -0.497 e. The lowest BCUT2D eigenvalue weighted by atomic mass is 10.1. The topological polar surface area (TPSA) is 96.2 Å². The molecular weight excluding hydrogens is 390 g/mol. The van der Waals surface area contributed by atoms with Gasteiger partial charge in [0.15, 0.2) is 11.5 Å². The summed E-state index contributed by atoms with van der Waals surface area (Å²) >= 11 is 0. The molecule has 2 aliphatic heterocycles. The van der Waals surface area contributed by atoms with E-state index in [4.69, 9.17) is 23.5 Å². The molecule has 3 heterocycles. The Bertz CT molecular complexity index is 1110. The fraction of sp³-hybridized carbons (Fsp3) is 0.286. The summed E-state index contributed by atoms with van der Waals surface area (Å²) in [7, 11) is 3.15. The van der Waals surface area contributed by atoms with Crippen molar-refractivity contribution in [3.8, 4) is 34.4 Å². The van der Waals surface area contributed by atoms with Gasteiger partial charge in [-0.25, -0.2) is 0 Å². The van der Waals surface area contributed by atoms with Crippen LogP contribution in [0.1, 0.15) is 18.2 Å². The first-order valence-corrected chi connectivity index (χ1v) is 9.42. The average molecular weight is 409 g/mol. The summed E-state index contributed by atoms with van der Waals surface area (Å²) in [6, 6.07) is 10.8. The first kappa shape index (κ1) is 18.3. The maximum atomic E-state index is 12.6. The molecule has 1 atom stereocenters. The van der Waals surface area contributed by atoms with E-state index in [1.54, 1.807) is 37.3 Å². The zero-order chi connectivity index (χ0) is 20.7. The molecule has 0 bridgehead atoms. The van der Waals surface area contributed by atoms with E-state index in [-0.39, 0.29) is 25.0 Å². The van der Waals surface area contributed by atoms with Crippen molar-refractivity contribution in [3.63, 3.8) is 0 Å². The summed E-state index contributed by atoms with van der Waals surface area (Å²) < 4.78 is 26.9. The molecule has 5 rings (SSSR count). The van der Waals surface area contributed by atoms with Crippen LogP contribution < -0.4 is 23.8 Å². The highest BCUT2D eigenvalue weighted by molar-refractivity contribution is 5.96. The van der Waals surface area contributed by atoms with Crippen LogP contribution in [-0.4, -0.2) is 43.6 Å². The molecule has 2 aromatic carbocycles. The van der Waals surface area contributed by atoms with Crippen LogP contribution in [0.2, 0.25) is 0 Å². The summed E-state index contributed by atoms with van der Waals surface area (Å²) in [5.41, 5.74) is 1.44. The highest BCUT2D eigenvalue weighted by Crippen LogP contribution is 2.39. The van der Waals surface area contributed by atoms with Gasteiger partial charge < -0.3 is 28.4 Å². The Morgan fingerprint density at radius 3 is 2.77 bits per heavy atom. The Kier molecular flexibility index (Phi) is 4.42. The lowest BCUT2D eigenvalue weighted by molar-refractivity contribution is -0.117. The zero-order valence-corrected chi connectivity index (χ0v) is 16.5. The van der Waals surface area contributed by atoms with E-state index >= 15 is 0 Å². The Hall–Kier alpha value is -3.75. The number of hydrogen-bond donors (Lipinski definition) is 0. The Balaban J connectivity index is 1.38. The predicted octanol–water partition coefficient (Wildman–Crippen LogP) is 3.00. The van der Waals surface area contributed by atoms with Gasteiger partial charge in [0.2, 0.25) is 24.4 Å². The number of benzene rings is 2. The standard InChI is InChI=1S/C21H19N3O6/c1-26-14-4-5-15(17(9-14)27-2)20-22-21(30-23-20)12-7-19(25)24(10-12)13-3-6-16-18(8-13)29-11-28-16/h3-6,8-9,12H,7,10-11H2,1-2H3/t12-/m1/s1. The van der Waals surface area contributed by atoms with E-state index in [0.717, 1.165) is 5.69 Å². The number of aromatic nitrogens is 2. The third kappa shape index (κ3) is 3.08. The van der Waals surface area contributed by atoms with Crippen LogP contribution in [0.3, 0.4) is 0 Å². The number of carbonyl (C=O) groups excluding carboxylic acids is 1. The molecule has 9 heteroatoms. The first-order chi connectivity index (χ1) is 14.7. The van der Waals surface area contributed by atoms with Crippen molar-refractivity contribution in [3.05, 3.63) is 42.3 Å². The van der Waals surface area contributed by atoms with Gasteiger partial charge in [-0.1, -0.05) is 5.16 Å². The van der Waals surface area contributed by atoms with Crippen LogP contribution >= 0.6 is 0 Å². The van der Waals surface area contributed by atoms with Gasteiger partial charge in [-0.3, -0.25) is 4.79 Å². The highest BCUT2D eigenvalue weighted by Gasteiger charge is 2.36. The maximum Gasteiger partial charge on any atom is 0.232 e. The molecule has 0 aliphatic carbocycles. The number of nitrogens with zero attached hydrogens (tertiary/aromatic N) is 3. The van der Waals surface area contributed by atoms with E-state index in [9.17, 15) is 4.79 Å². The first-order valence-electron chi connectivity index (χ1n) is 9.42. The fourth-order valence-electron chi connectivity index (χ4n) is 3.67. The van der Waals surface area contributed by atoms with E-state index in [1.807, 2.05) is 18.2 Å². The normalized spacial score (nSPS) is 17.5.